The number of hydrogen-bond donors (Lipinski definition) is 1. The number of nitrogens with one attached hydrogen (secondary N) is 1. The summed E-state index contributed by atoms with van der Waals surface area (Å²) in [6.45, 7) is 1.78. The second-order valence-electron chi connectivity index (χ2n) is 5.49. The molecule has 1 heterocycles. The van der Waals surface area contributed by atoms with Crippen molar-refractivity contribution >= 4 is 47.0 Å². The van der Waals surface area contributed by atoms with Crippen molar-refractivity contribution in [2.45, 2.75) is 6.92 Å². The Balaban J connectivity index is 1.92. The Hall–Kier alpha value is -2.99. The Kier molecular flexibility index (Phi) is 4.63. The van der Waals surface area contributed by atoms with Crippen LogP contribution in [-0.4, -0.2) is 24.1 Å². The highest BCUT2D eigenvalue weighted by atomic mass is 35.5. The molecule has 6 nitrogen and oxygen atoms in total. The van der Waals surface area contributed by atoms with Crippen molar-refractivity contribution in [1.29, 1.82) is 0 Å². The lowest BCUT2D eigenvalue weighted by atomic mass is 10.0. The van der Waals surface area contributed by atoms with Gasteiger partial charge >= 0.3 is 6.03 Å². The van der Waals surface area contributed by atoms with E-state index in [4.69, 9.17) is 11.6 Å². The van der Waals surface area contributed by atoms with Crippen molar-refractivity contribution in [2.24, 2.45) is 10.9 Å². The quantitative estimate of drug-likeness (QED) is 0.678. The second-order valence-corrected chi connectivity index (χ2v) is 5.93. The van der Waals surface area contributed by atoms with E-state index in [1.54, 1.807) is 55.5 Å². The van der Waals surface area contributed by atoms with Crippen LogP contribution in [0.1, 0.15) is 5.56 Å². The normalized spacial score (nSPS) is 17.9. The Morgan fingerprint density at radius 1 is 1.12 bits per heavy atom. The van der Waals surface area contributed by atoms with Gasteiger partial charge in [0, 0.05) is 11.2 Å². The van der Waals surface area contributed by atoms with Gasteiger partial charge in [-0.05, 0) is 36.8 Å². The Bertz CT molecular complexity index is 895. The number of anilines is 1. The van der Waals surface area contributed by atoms with Crippen LogP contribution in [0.15, 0.2) is 53.5 Å². The third kappa shape index (κ3) is 3.44. The zero-order valence-corrected chi connectivity index (χ0v) is 14.0. The highest BCUT2D eigenvalue weighted by Crippen LogP contribution is 2.24. The molecule has 0 aliphatic carbocycles. The number of urea groups is 1. The van der Waals surface area contributed by atoms with E-state index in [0.717, 1.165) is 10.5 Å². The van der Waals surface area contributed by atoms with Gasteiger partial charge in [-0.3, -0.25) is 19.9 Å². The molecule has 0 spiro atoms. The molecule has 0 unspecified atom stereocenters. The fourth-order valence-electron chi connectivity index (χ4n) is 2.48. The summed E-state index contributed by atoms with van der Waals surface area (Å²) < 4.78 is 0. The highest BCUT2D eigenvalue weighted by Gasteiger charge is 2.40. The van der Waals surface area contributed by atoms with E-state index in [-0.39, 0.29) is 0 Å². The van der Waals surface area contributed by atoms with Gasteiger partial charge in [0.15, 0.2) is 5.92 Å². The predicted octanol–water partition coefficient (Wildman–Crippen LogP) is 3.25. The van der Waals surface area contributed by atoms with Gasteiger partial charge in [0.25, 0.3) is 5.91 Å². The standard InChI is InChI=1S/C18H14ClN3O3/c1-11-5-2-3-8-15(11)22-17(24)14(16(23)21-18(22)25)10-20-13-7-4-6-12(19)9-13/h2-10,14H,1H3,(H,21,23,25)/t14-/m0/s1. The number of hydrogen-bond acceptors (Lipinski definition) is 4. The number of carbonyl (C=O) groups excluding carboxylic acids is 3. The van der Waals surface area contributed by atoms with Crippen molar-refractivity contribution in [1.82, 2.24) is 5.32 Å². The molecule has 1 N–H and O–H groups in total. The van der Waals surface area contributed by atoms with Crippen molar-refractivity contribution in [2.75, 3.05) is 4.90 Å². The first kappa shape index (κ1) is 16.9. The number of imide groups is 2. The minimum absolute atomic E-state index is 0.429. The summed E-state index contributed by atoms with van der Waals surface area (Å²) in [5.74, 6) is -2.55. The largest absolute Gasteiger partial charge is 0.335 e. The van der Waals surface area contributed by atoms with Gasteiger partial charge < -0.3 is 0 Å². The number of aryl methyl sites for hydroxylation is 1. The lowest BCUT2D eigenvalue weighted by Crippen LogP contribution is -2.58. The molecule has 3 rings (SSSR count). The third-order valence-electron chi connectivity index (χ3n) is 3.74. The topological polar surface area (TPSA) is 78.8 Å². The fraction of sp³-hybridized carbons (Fsp3) is 0.111. The molecular weight excluding hydrogens is 342 g/mol. The van der Waals surface area contributed by atoms with E-state index in [2.05, 4.69) is 10.3 Å². The molecule has 0 bridgehead atoms. The van der Waals surface area contributed by atoms with Gasteiger partial charge in [0.2, 0.25) is 5.91 Å². The number of halogens is 1. The van der Waals surface area contributed by atoms with Crippen molar-refractivity contribution in [3.8, 4) is 0 Å². The summed E-state index contributed by atoms with van der Waals surface area (Å²) in [5, 5.41) is 2.68. The number of benzene rings is 2. The van der Waals surface area contributed by atoms with Crippen LogP contribution in [-0.2, 0) is 9.59 Å². The lowest BCUT2D eigenvalue weighted by Gasteiger charge is -2.29. The Morgan fingerprint density at radius 2 is 1.88 bits per heavy atom. The maximum absolute atomic E-state index is 12.7. The average Bonchev–Trinajstić information content (AvgIpc) is 2.56. The van der Waals surface area contributed by atoms with Crippen molar-refractivity contribution < 1.29 is 14.4 Å². The molecule has 1 aliphatic heterocycles. The molecule has 2 aromatic rings. The second kappa shape index (κ2) is 6.86. The maximum atomic E-state index is 12.7. The van der Waals surface area contributed by atoms with Crippen LogP contribution >= 0.6 is 11.6 Å². The summed E-state index contributed by atoms with van der Waals surface area (Å²) in [5.41, 5.74) is 1.68. The predicted molar refractivity (Wildman–Crippen MR) is 95.3 cm³/mol. The number of nitrogens with zero attached hydrogens (tertiary/aromatic N) is 2. The van der Waals surface area contributed by atoms with E-state index in [9.17, 15) is 14.4 Å². The number of para-hydroxylation sites is 1. The first-order valence-corrected chi connectivity index (χ1v) is 7.89. The molecule has 2 aromatic carbocycles. The van der Waals surface area contributed by atoms with E-state index >= 15 is 0 Å². The molecular formula is C18H14ClN3O3. The number of aliphatic imine (C=N–C) groups is 1. The molecule has 1 atom stereocenters. The van der Waals surface area contributed by atoms with Crippen LogP contribution in [0.3, 0.4) is 0 Å². The highest BCUT2D eigenvalue weighted by molar-refractivity contribution is 6.33. The summed E-state index contributed by atoms with van der Waals surface area (Å²) in [6.07, 6.45) is 1.22. The smallest absolute Gasteiger partial charge is 0.276 e. The molecule has 0 radical (unpaired) electrons. The molecule has 126 valence electrons. The van der Waals surface area contributed by atoms with Gasteiger partial charge in [-0.1, -0.05) is 35.9 Å². The Labute approximate surface area is 149 Å². The number of barbiturate groups is 1. The van der Waals surface area contributed by atoms with Crippen molar-refractivity contribution in [3.63, 3.8) is 0 Å². The first-order chi connectivity index (χ1) is 12.0. The zero-order chi connectivity index (χ0) is 18.0. The fourth-order valence-corrected chi connectivity index (χ4v) is 2.67. The molecule has 7 heteroatoms. The molecule has 25 heavy (non-hydrogen) atoms. The van der Waals surface area contributed by atoms with E-state index in [1.165, 1.54) is 6.21 Å². The molecule has 1 aliphatic rings. The molecule has 1 fully saturated rings. The average molecular weight is 356 g/mol. The van der Waals surface area contributed by atoms with Crippen LogP contribution < -0.4 is 10.2 Å². The van der Waals surface area contributed by atoms with E-state index < -0.39 is 23.8 Å². The van der Waals surface area contributed by atoms with Crippen LogP contribution in [0.25, 0.3) is 0 Å². The number of carbonyl (C=O) groups is 3. The molecule has 0 saturated carbocycles. The van der Waals surface area contributed by atoms with Crippen LogP contribution in [0, 0.1) is 12.8 Å². The van der Waals surface area contributed by atoms with Crippen LogP contribution in [0.5, 0.6) is 0 Å². The summed E-state index contributed by atoms with van der Waals surface area (Å²) in [6, 6.07) is 12.9. The number of amides is 4. The minimum atomic E-state index is -1.20. The van der Waals surface area contributed by atoms with Gasteiger partial charge in [-0.2, -0.15) is 0 Å². The minimum Gasteiger partial charge on any atom is -0.276 e. The molecule has 1 saturated heterocycles. The van der Waals surface area contributed by atoms with Gasteiger partial charge in [-0.25, -0.2) is 9.69 Å². The molecule has 0 aromatic heterocycles. The first-order valence-electron chi connectivity index (χ1n) is 7.51. The monoisotopic (exact) mass is 355 g/mol. The van der Waals surface area contributed by atoms with Crippen LogP contribution in [0.2, 0.25) is 5.02 Å². The SMILES string of the molecule is Cc1ccccc1N1C(=O)NC(=O)[C@H](C=Nc2cccc(Cl)c2)C1=O. The summed E-state index contributed by atoms with van der Waals surface area (Å²) in [4.78, 5) is 42.0. The molecule has 4 amide bonds. The lowest BCUT2D eigenvalue weighted by molar-refractivity contribution is -0.131. The summed E-state index contributed by atoms with van der Waals surface area (Å²) >= 11 is 5.89. The number of rotatable bonds is 3. The van der Waals surface area contributed by atoms with Crippen LogP contribution in [0.4, 0.5) is 16.2 Å². The van der Waals surface area contributed by atoms with E-state index in [1.807, 2.05) is 0 Å². The zero-order valence-electron chi connectivity index (χ0n) is 13.3. The Morgan fingerprint density at radius 3 is 2.60 bits per heavy atom. The van der Waals surface area contributed by atoms with Gasteiger partial charge in [0.1, 0.15) is 0 Å². The van der Waals surface area contributed by atoms with Gasteiger partial charge in [-0.15, -0.1) is 0 Å². The van der Waals surface area contributed by atoms with Crippen molar-refractivity contribution in [3.05, 3.63) is 59.1 Å². The van der Waals surface area contributed by atoms with Gasteiger partial charge in [0.05, 0.1) is 11.4 Å². The maximum Gasteiger partial charge on any atom is 0.335 e. The summed E-state index contributed by atoms with van der Waals surface area (Å²) in [7, 11) is 0. The van der Waals surface area contributed by atoms with E-state index in [0.29, 0.717) is 16.4 Å². The third-order valence-corrected chi connectivity index (χ3v) is 3.97.